The summed E-state index contributed by atoms with van der Waals surface area (Å²) in [5, 5.41) is 2.08. The van der Waals surface area contributed by atoms with E-state index < -0.39 is 5.60 Å². The van der Waals surface area contributed by atoms with Gasteiger partial charge >= 0.3 is 5.97 Å². The number of halogens is 1. The van der Waals surface area contributed by atoms with Crippen LogP contribution in [0, 0.1) is 0 Å². The molecule has 3 heterocycles. The van der Waals surface area contributed by atoms with Crippen molar-refractivity contribution >= 4 is 45.2 Å². The zero-order chi connectivity index (χ0) is 19.9. The lowest BCUT2D eigenvalue weighted by Crippen LogP contribution is -2.37. The molecule has 2 aromatic heterocycles. The van der Waals surface area contributed by atoms with Crippen LogP contribution in [0.15, 0.2) is 24.4 Å². The summed E-state index contributed by atoms with van der Waals surface area (Å²) in [7, 11) is 0. The molecule has 0 aliphatic carbocycles. The van der Waals surface area contributed by atoms with E-state index in [4.69, 9.17) is 21.1 Å². The van der Waals surface area contributed by atoms with Crippen molar-refractivity contribution in [2.45, 2.75) is 32.9 Å². The second-order valence-corrected chi connectivity index (χ2v) is 8.18. The van der Waals surface area contributed by atoms with E-state index in [-0.39, 0.29) is 17.8 Å². The van der Waals surface area contributed by atoms with Gasteiger partial charge in [0.2, 0.25) is 5.28 Å². The normalized spacial score (nSPS) is 15.4. The van der Waals surface area contributed by atoms with Crippen LogP contribution in [-0.2, 0) is 20.8 Å². The maximum Gasteiger partial charge on any atom is 0.326 e. The van der Waals surface area contributed by atoms with Crippen molar-refractivity contribution in [2.75, 3.05) is 31.2 Å². The molecule has 4 rings (SSSR count). The first-order valence-electron chi connectivity index (χ1n) is 9.31. The molecule has 0 radical (unpaired) electrons. The van der Waals surface area contributed by atoms with Gasteiger partial charge in [0.15, 0.2) is 0 Å². The Morgan fingerprint density at radius 3 is 2.64 bits per heavy atom. The van der Waals surface area contributed by atoms with Crippen LogP contribution in [0.4, 0.5) is 5.82 Å². The average Bonchev–Trinajstić information content (AvgIpc) is 3.03. The van der Waals surface area contributed by atoms with E-state index >= 15 is 0 Å². The summed E-state index contributed by atoms with van der Waals surface area (Å²) in [5.74, 6) is 0.542. The zero-order valence-corrected chi connectivity index (χ0v) is 17.0. The van der Waals surface area contributed by atoms with Gasteiger partial charge in [-0.2, -0.15) is 4.98 Å². The van der Waals surface area contributed by atoms with Crippen molar-refractivity contribution in [3.8, 4) is 0 Å². The number of carbonyl (C=O) groups is 1. The number of benzene rings is 1. The molecule has 7 nitrogen and oxygen atoms in total. The lowest BCUT2D eigenvalue weighted by Gasteiger charge is -2.28. The fraction of sp³-hybridized carbons (Fsp3) is 0.450. The van der Waals surface area contributed by atoms with Crippen LogP contribution in [0.5, 0.6) is 0 Å². The largest absolute Gasteiger partial charge is 0.459 e. The number of ether oxygens (including phenoxy) is 2. The molecule has 0 atom stereocenters. The van der Waals surface area contributed by atoms with Crippen molar-refractivity contribution in [1.29, 1.82) is 0 Å². The lowest BCUT2D eigenvalue weighted by molar-refractivity contribution is -0.155. The van der Waals surface area contributed by atoms with Gasteiger partial charge in [-0.05, 0) is 50.6 Å². The quantitative estimate of drug-likeness (QED) is 0.494. The lowest BCUT2D eigenvalue weighted by atomic mass is 10.1. The van der Waals surface area contributed by atoms with E-state index in [0.29, 0.717) is 13.2 Å². The second kappa shape index (κ2) is 7.22. The first kappa shape index (κ1) is 19.0. The Morgan fingerprint density at radius 2 is 1.93 bits per heavy atom. The molecule has 0 bridgehead atoms. The number of carbonyl (C=O) groups excluding carboxylic acids is 1. The van der Waals surface area contributed by atoms with E-state index in [1.165, 1.54) is 0 Å². The van der Waals surface area contributed by atoms with Crippen LogP contribution in [0.3, 0.4) is 0 Å². The van der Waals surface area contributed by atoms with Gasteiger partial charge in [-0.25, -0.2) is 4.98 Å². The SMILES string of the molecule is CC(C)(C)OC(=O)Cn1ccc2c3nc(Cl)nc(N4CCOCC4)c3ccc21. The first-order valence-corrected chi connectivity index (χ1v) is 9.69. The maximum absolute atomic E-state index is 12.2. The smallest absolute Gasteiger partial charge is 0.326 e. The number of rotatable bonds is 3. The molecule has 1 aromatic carbocycles. The number of anilines is 1. The van der Waals surface area contributed by atoms with Gasteiger partial charge in [0.25, 0.3) is 0 Å². The van der Waals surface area contributed by atoms with Gasteiger partial charge in [-0.3, -0.25) is 4.79 Å². The minimum absolute atomic E-state index is 0.140. The number of esters is 1. The molecule has 0 spiro atoms. The average molecular weight is 403 g/mol. The van der Waals surface area contributed by atoms with Gasteiger partial charge in [0, 0.05) is 30.1 Å². The van der Waals surface area contributed by atoms with Crippen molar-refractivity contribution in [1.82, 2.24) is 14.5 Å². The van der Waals surface area contributed by atoms with Crippen molar-refractivity contribution < 1.29 is 14.3 Å². The number of aromatic nitrogens is 3. The van der Waals surface area contributed by atoms with E-state index in [1.807, 2.05) is 49.7 Å². The van der Waals surface area contributed by atoms with Crippen LogP contribution < -0.4 is 4.90 Å². The topological polar surface area (TPSA) is 69.5 Å². The minimum atomic E-state index is -0.513. The summed E-state index contributed by atoms with van der Waals surface area (Å²) >= 11 is 6.25. The molecule has 28 heavy (non-hydrogen) atoms. The predicted octanol–water partition coefficient (Wildman–Crippen LogP) is 3.42. The Balaban J connectivity index is 1.75. The third kappa shape index (κ3) is 3.77. The molecule has 148 valence electrons. The summed E-state index contributed by atoms with van der Waals surface area (Å²) < 4.78 is 12.8. The van der Waals surface area contributed by atoms with E-state index in [2.05, 4.69) is 14.9 Å². The Kier molecular flexibility index (Phi) is 4.89. The molecule has 1 aliphatic heterocycles. The Labute approximate surface area is 168 Å². The van der Waals surface area contributed by atoms with Crippen LogP contribution in [0.25, 0.3) is 21.8 Å². The third-order valence-electron chi connectivity index (χ3n) is 4.60. The molecule has 0 unspecified atom stereocenters. The molecule has 8 heteroatoms. The minimum Gasteiger partial charge on any atom is -0.459 e. The van der Waals surface area contributed by atoms with Crippen molar-refractivity contribution in [3.05, 3.63) is 29.7 Å². The molecule has 0 N–H and O–H groups in total. The fourth-order valence-electron chi connectivity index (χ4n) is 3.49. The monoisotopic (exact) mass is 402 g/mol. The second-order valence-electron chi connectivity index (χ2n) is 7.84. The maximum atomic E-state index is 12.2. The summed E-state index contributed by atoms with van der Waals surface area (Å²) in [4.78, 5) is 23.4. The highest BCUT2D eigenvalue weighted by molar-refractivity contribution is 6.29. The molecular formula is C20H23ClN4O3. The van der Waals surface area contributed by atoms with Crippen LogP contribution in [0.1, 0.15) is 20.8 Å². The van der Waals surface area contributed by atoms with Gasteiger partial charge in [-0.15, -0.1) is 0 Å². The highest BCUT2D eigenvalue weighted by Crippen LogP contribution is 2.32. The van der Waals surface area contributed by atoms with Gasteiger partial charge in [0.05, 0.1) is 24.2 Å². The summed E-state index contributed by atoms with van der Waals surface area (Å²) in [6, 6.07) is 5.93. The van der Waals surface area contributed by atoms with Crippen molar-refractivity contribution in [2.24, 2.45) is 0 Å². The van der Waals surface area contributed by atoms with Crippen LogP contribution >= 0.6 is 11.6 Å². The molecule has 0 saturated carbocycles. The first-order chi connectivity index (χ1) is 13.3. The fourth-order valence-corrected chi connectivity index (χ4v) is 3.65. The highest BCUT2D eigenvalue weighted by Gasteiger charge is 2.20. The van der Waals surface area contributed by atoms with Gasteiger partial charge in [-0.1, -0.05) is 0 Å². The number of hydrogen-bond acceptors (Lipinski definition) is 6. The van der Waals surface area contributed by atoms with Gasteiger partial charge in [0.1, 0.15) is 18.0 Å². The van der Waals surface area contributed by atoms with Gasteiger partial charge < -0.3 is 18.9 Å². The number of morpholine rings is 1. The number of fused-ring (bicyclic) bond motifs is 3. The summed E-state index contributed by atoms with van der Waals surface area (Å²) in [5.41, 5.74) is 1.17. The summed E-state index contributed by atoms with van der Waals surface area (Å²) in [6.45, 7) is 8.58. The molecule has 3 aromatic rings. The molecule has 1 aliphatic rings. The molecule has 1 fully saturated rings. The predicted molar refractivity (Wildman–Crippen MR) is 109 cm³/mol. The van der Waals surface area contributed by atoms with E-state index in [9.17, 15) is 4.79 Å². The Bertz CT molecular complexity index is 1040. The zero-order valence-electron chi connectivity index (χ0n) is 16.2. The third-order valence-corrected chi connectivity index (χ3v) is 4.77. The van der Waals surface area contributed by atoms with E-state index in [0.717, 1.165) is 40.7 Å². The van der Waals surface area contributed by atoms with Crippen LogP contribution in [0.2, 0.25) is 5.28 Å². The Hall–Kier alpha value is -2.38. The van der Waals surface area contributed by atoms with E-state index in [1.54, 1.807) is 0 Å². The Morgan fingerprint density at radius 1 is 1.18 bits per heavy atom. The summed E-state index contributed by atoms with van der Waals surface area (Å²) in [6.07, 6.45) is 1.87. The van der Waals surface area contributed by atoms with Crippen LogP contribution in [-0.4, -0.2) is 52.4 Å². The molecule has 1 saturated heterocycles. The standard InChI is InChI=1S/C20H23ClN4O3/c1-20(2,3)28-16(26)12-25-7-6-13-15(25)5-4-14-17(13)22-19(21)23-18(14)24-8-10-27-11-9-24/h4-7H,8-12H2,1-3H3. The van der Waals surface area contributed by atoms with Crippen molar-refractivity contribution in [3.63, 3.8) is 0 Å². The molecule has 0 amide bonds. The highest BCUT2D eigenvalue weighted by atomic mass is 35.5. The number of hydrogen-bond donors (Lipinski definition) is 0. The number of nitrogens with zero attached hydrogens (tertiary/aromatic N) is 4. The molecular weight excluding hydrogens is 380 g/mol.